The van der Waals surface area contributed by atoms with Gasteiger partial charge in [0.1, 0.15) is 12.3 Å². The summed E-state index contributed by atoms with van der Waals surface area (Å²) in [6.07, 6.45) is 5.37. The Kier molecular flexibility index (Phi) is 5.98. The second-order valence-electron chi connectivity index (χ2n) is 9.07. The number of anilines is 1. The van der Waals surface area contributed by atoms with Crippen LogP contribution in [0.3, 0.4) is 0 Å². The highest BCUT2D eigenvalue weighted by atomic mass is 16.3. The maximum Gasteiger partial charge on any atom is 0.256 e. The SMILES string of the molecule is O=C(Nc1ccc(C(=O)N2CCCC2)cc1)c1cc(-c2ccccc2)nc2c1cnn2Cc1ccco1. The van der Waals surface area contributed by atoms with Crippen LogP contribution in [0.15, 0.2) is 89.7 Å². The fourth-order valence-electron chi connectivity index (χ4n) is 4.66. The highest BCUT2D eigenvalue weighted by molar-refractivity contribution is 6.12. The molecule has 184 valence electrons. The smallest absolute Gasteiger partial charge is 0.256 e. The second-order valence-corrected chi connectivity index (χ2v) is 9.07. The number of likely N-dealkylation sites (tertiary alicyclic amines) is 1. The van der Waals surface area contributed by atoms with Crippen LogP contribution in [-0.2, 0) is 6.54 Å². The van der Waals surface area contributed by atoms with Crippen LogP contribution in [0.25, 0.3) is 22.3 Å². The Bertz CT molecular complexity index is 1550. The third-order valence-corrected chi connectivity index (χ3v) is 6.59. The van der Waals surface area contributed by atoms with E-state index in [0.29, 0.717) is 40.1 Å². The Morgan fingerprint density at radius 3 is 2.46 bits per heavy atom. The van der Waals surface area contributed by atoms with Gasteiger partial charge in [-0.3, -0.25) is 9.59 Å². The van der Waals surface area contributed by atoms with Crippen molar-refractivity contribution in [1.29, 1.82) is 0 Å². The molecule has 0 bridgehead atoms. The molecule has 4 heterocycles. The fraction of sp³-hybridized carbons (Fsp3) is 0.172. The number of pyridine rings is 1. The number of carbonyl (C=O) groups is 2. The van der Waals surface area contributed by atoms with Crippen molar-refractivity contribution in [2.75, 3.05) is 18.4 Å². The van der Waals surface area contributed by atoms with Crippen molar-refractivity contribution in [2.45, 2.75) is 19.4 Å². The van der Waals surface area contributed by atoms with E-state index in [1.165, 1.54) is 0 Å². The van der Waals surface area contributed by atoms with E-state index in [0.717, 1.165) is 37.3 Å². The Morgan fingerprint density at radius 1 is 0.946 bits per heavy atom. The first-order chi connectivity index (χ1) is 18.2. The number of furan rings is 1. The lowest BCUT2D eigenvalue weighted by Crippen LogP contribution is -2.27. The highest BCUT2D eigenvalue weighted by Gasteiger charge is 2.21. The first kappa shape index (κ1) is 22.7. The maximum absolute atomic E-state index is 13.5. The van der Waals surface area contributed by atoms with E-state index in [4.69, 9.17) is 9.40 Å². The van der Waals surface area contributed by atoms with Gasteiger partial charge in [-0.1, -0.05) is 30.3 Å². The molecular weight excluding hydrogens is 466 g/mol. The first-order valence-corrected chi connectivity index (χ1v) is 12.3. The topological polar surface area (TPSA) is 93.3 Å². The van der Waals surface area contributed by atoms with Crippen molar-refractivity contribution < 1.29 is 14.0 Å². The fourth-order valence-corrected chi connectivity index (χ4v) is 4.66. The number of nitrogens with zero attached hydrogens (tertiary/aromatic N) is 4. The number of amides is 2. The zero-order valence-electron chi connectivity index (χ0n) is 20.1. The van der Waals surface area contributed by atoms with Crippen LogP contribution in [0.2, 0.25) is 0 Å². The molecule has 1 fully saturated rings. The number of hydrogen-bond donors (Lipinski definition) is 1. The van der Waals surface area contributed by atoms with Gasteiger partial charge in [0, 0.05) is 29.9 Å². The summed E-state index contributed by atoms with van der Waals surface area (Å²) in [4.78, 5) is 32.9. The Labute approximate surface area is 213 Å². The van der Waals surface area contributed by atoms with Gasteiger partial charge >= 0.3 is 0 Å². The van der Waals surface area contributed by atoms with Crippen LogP contribution in [0.4, 0.5) is 5.69 Å². The van der Waals surface area contributed by atoms with Gasteiger partial charge in [0.2, 0.25) is 0 Å². The molecule has 0 aliphatic carbocycles. The van der Waals surface area contributed by atoms with Crippen molar-refractivity contribution in [3.05, 3.63) is 102 Å². The normalized spacial score (nSPS) is 13.2. The predicted octanol–water partition coefficient (Wildman–Crippen LogP) is 5.23. The molecule has 3 aromatic heterocycles. The lowest BCUT2D eigenvalue weighted by Gasteiger charge is -2.15. The standard InChI is InChI=1S/C29H25N5O3/c35-28(31-22-12-10-21(11-13-22)29(36)33-14-4-5-15-33)24-17-26(20-7-2-1-3-8-20)32-27-25(24)18-30-34(27)19-23-9-6-16-37-23/h1-3,6-13,16-18H,4-5,14-15,19H2,(H,31,35). The number of fused-ring (bicyclic) bond motifs is 1. The van der Waals surface area contributed by atoms with Crippen LogP contribution in [-0.4, -0.2) is 44.6 Å². The third kappa shape index (κ3) is 4.61. The van der Waals surface area contributed by atoms with Gasteiger partial charge in [0.25, 0.3) is 11.8 Å². The summed E-state index contributed by atoms with van der Waals surface area (Å²) in [5.74, 6) is 0.495. The summed E-state index contributed by atoms with van der Waals surface area (Å²) in [6, 6.07) is 22.3. The first-order valence-electron chi connectivity index (χ1n) is 12.3. The molecule has 8 nitrogen and oxygen atoms in total. The van der Waals surface area contributed by atoms with Gasteiger partial charge in [0.15, 0.2) is 5.65 Å². The number of carbonyl (C=O) groups excluding carboxylic acids is 2. The van der Waals surface area contributed by atoms with Gasteiger partial charge in [0.05, 0.1) is 29.1 Å². The van der Waals surface area contributed by atoms with Gasteiger partial charge in [-0.25, -0.2) is 9.67 Å². The summed E-state index contributed by atoms with van der Waals surface area (Å²) in [7, 11) is 0. The van der Waals surface area contributed by atoms with Gasteiger partial charge in [-0.05, 0) is 55.3 Å². The van der Waals surface area contributed by atoms with E-state index < -0.39 is 0 Å². The van der Waals surface area contributed by atoms with Crippen molar-refractivity contribution in [3.8, 4) is 11.3 Å². The molecular formula is C29H25N5O3. The van der Waals surface area contributed by atoms with E-state index in [2.05, 4.69) is 10.4 Å². The molecule has 1 N–H and O–H groups in total. The summed E-state index contributed by atoms with van der Waals surface area (Å²) >= 11 is 0. The monoisotopic (exact) mass is 491 g/mol. The van der Waals surface area contributed by atoms with E-state index in [-0.39, 0.29) is 11.8 Å². The number of nitrogens with one attached hydrogen (secondary N) is 1. The maximum atomic E-state index is 13.5. The minimum atomic E-state index is -0.277. The van der Waals surface area contributed by atoms with Crippen molar-refractivity contribution in [3.63, 3.8) is 0 Å². The molecule has 5 aromatic rings. The average Bonchev–Trinajstić information content (AvgIpc) is 3.72. The summed E-state index contributed by atoms with van der Waals surface area (Å²) < 4.78 is 7.22. The average molecular weight is 492 g/mol. The number of rotatable bonds is 6. The van der Waals surface area contributed by atoms with Crippen LogP contribution in [0, 0.1) is 0 Å². The quantitative estimate of drug-likeness (QED) is 0.351. The molecule has 1 saturated heterocycles. The van der Waals surface area contributed by atoms with Crippen LogP contribution >= 0.6 is 0 Å². The lowest BCUT2D eigenvalue weighted by molar-refractivity contribution is 0.0792. The molecule has 6 rings (SSSR count). The Hall–Kier alpha value is -4.72. The minimum Gasteiger partial charge on any atom is -0.467 e. The molecule has 1 aliphatic heterocycles. The molecule has 0 radical (unpaired) electrons. The van der Waals surface area contributed by atoms with Crippen molar-refractivity contribution >= 4 is 28.5 Å². The number of hydrogen-bond acceptors (Lipinski definition) is 5. The molecule has 8 heteroatoms. The van der Waals surface area contributed by atoms with E-state index in [1.54, 1.807) is 47.5 Å². The largest absolute Gasteiger partial charge is 0.467 e. The van der Waals surface area contributed by atoms with Crippen molar-refractivity contribution in [2.24, 2.45) is 0 Å². The van der Waals surface area contributed by atoms with Crippen LogP contribution < -0.4 is 5.32 Å². The molecule has 2 aromatic carbocycles. The molecule has 0 spiro atoms. The van der Waals surface area contributed by atoms with Crippen LogP contribution in [0.5, 0.6) is 0 Å². The number of aromatic nitrogens is 3. The van der Waals surface area contributed by atoms with E-state index in [9.17, 15) is 9.59 Å². The van der Waals surface area contributed by atoms with Crippen LogP contribution in [0.1, 0.15) is 39.3 Å². The molecule has 0 saturated carbocycles. The van der Waals surface area contributed by atoms with Gasteiger partial charge < -0.3 is 14.6 Å². The van der Waals surface area contributed by atoms with E-state index >= 15 is 0 Å². The Morgan fingerprint density at radius 2 is 1.73 bits per heavy atom. The van der Waals surface area contributed by atoms with Gasteiger partial charge in [-0.15, -0.1) is 0 Å². The molecule has 0 unspecified atom stereocenters. The lowest BCUT2D eigenvalue weighted by atomic mass is 10.1. The molecule has 0 atom stereocenters. The molecule has 2 amide bonds. The molecule has 1 aliphatic rings. The highest BCUT2D eigenvalue weighted by Crippen LogP contribution is 2.26. The van der Waals surface area contributed by atoms with Gasteiger partial charge in [-0.2, -0.15) is 5.10 Å². The third-order valence-electron chi connectivity index (χ3n) is 6.59. The predicted molar refractivity (Wildman–Crippen MR) is 140 cm³/mol. The Balaban J connectivity index is 1.32. The molecule has 37 heavy (non-hydrogen) atoms. The zero-order valence-corrected chi connectivity index (χ0v) is 20.1. The second kappa shape index (κ2) is 9.73. The zero-order chi connectivity index (χ0) is 25.2. The minimum absolute atomic E-state index is 0.0303. The van der Waals surface area contributed by atoms with Crippen molar-refractivity contribution in [1.82, 2.24) is 19.7 Å². The summed E-state index contributed by atoms with van der Waals surface area (Å²) in [6.45, 7) is 1.99. The summed E-state index contributed by atoms with van der Waals surface area (Å²) in [5.41, 5.74) is 3.86. The number of benzene rings is 2. The summed E-state index contributed by atoms with van der Waals surface area (Å²) in [5, 5.41) is 8.11. The van der Waals surface area contributed by atoms with E-state index in [1.807, 2.05) is 47.4 Å².